The molecule has 0 aliphatic carbocycles. The summed E-state index contributed by atoms with van der Waals surface area (Å²) in [6.07, 6.45) is 1.74. The molecule has 7 nitrogen and oxygen atoms in total. The van der Waals surface area contributed by atoms with Crippen LogP contribution in [0.15, 0.2) is 52.5 Å². The van der Waals surface area contributed by atoms with E-state index in [0.717, 1.165) is 24.1 Å². The standard InChI is InChI=1S/C25H27N3O4S2/c1-16(2)24(31)28-10-3-5-17-7-8-19(13-20(17)28)27-23(30)22(29)26-15-25(32,18-9-12-33-14-18)21-6-4-11-34-21/h4,6-9,11-14,16,32H,3,5,10,15H2,1-2H3,(H,26,29)(H,27,30). The van der Waals surface area contributed by atoms with Crippen molar-refractivity contribution in [2.75, 3.05) is 23.3 Å². The number of carbonyl (C=O) groups is 3. The van der Waals surface area contributed by atoms with Crippen LogP contribution in [0.2, 0.25) is 0 Å². The summed E-state index contributed by atoms with van der Waals surface area (Å²) in [5, 5.41) is 22.1. The Bertz CT molecular complexity index is 1140. The van der Waals surface area contributed by atoms with E-state index in [2.05, 4.69) is 10.6 Å². The molecule has 1 aliphatic heterocycles. The highest BCUT2D eigenvalue weighted by molar-refractivity contribution is 7.10. The van der Waals surface area contributed by atoms with Crippen LogP contribution in [0.5, 0.6) is 0 Å². The number of rotatable bonds is 6. The van der Waals surface area contributed by atoms with Crippen LogP contribution in [0.3, 0.4) is 0 Å². The monoisotopic (exact) mass is 497 g/mol. The maximum Gasteiger partial charge on any atom is 0.313 e. The quantitative estimate of drug-likeness (QED) is 0.452. The van der Waals surface area contributed by atoms with Crippen molar-refractivity contribution < 1.29 is 19.5 Å². The third-order valence-corrected chi connectivity index (χ3v) is 7.56. The minimum atomic E-state index is -1.42. The van der Waals surface area contributed by atoms with E-state index in [4.69, 9.17) is 0 Å². The van der Waals surface area contributed by atoms with Crippen LogP contribution < -0.4 is 15.5 Å². The number of fused-ring (bicyclic) bond motifs is 1. The zero-order valence-corrected chi connectivity index (χ0v) is 20.7. The molecule has 0 spiro atoms. The Hall–Kier alpha value is -3.01. The third-order valence-electron chi connectivity index (χ3n) is 5.86. The Morgan fingerprint density at radius 3 is 2.65 bits per heavy atom. The number of nitrogens with one attached hydrogen (secondary N) is 2. The van der Waals surface area contributed by atoms with Crippen molar-refractivity contribution in [3.05, 3.63) is 68.5 Å². The molecule has 3 N–H and O–H groups in total. The minimum absolute atomic E-state index is 0.0310. The fourth-order valence-corrected chi connectivity index (χ4v) is 5.58. The molecule has 1 unspecified atom stereocenters. The molecule has 4 rings (SSSR count). The van der Waals surface area contributed by atoms with Gasteiger partial charge in [0.1, 0.15) is 5.60 Å². The number of hydrogen-bond acceptors (Lipinski definition) is 6. The molecule has 0 radical (unpaired) electrons. The Morgan fingerprint density at radius 2 is 1.97 bits per heavy atom. The van der Waals surface area contributed by atoms with Crippen molar-refractivity contribution in [3.8, 4) is 0 Å². The van der Waals surface area contributed by atoms with E-state index in [1.165, 1.54) is 22.7 Å². The van der Waals surface area contributed by atoms with Crippen molar-refractivity contribution in [2.45, 2.75) is 32.3 Å². The van der Waals surface area contributed by atoms with Gasteiger partial charge in [0.2, 0.25) is 5.91 Å². The molecule has 178 valence electrons. The van der Waals surface area contributed by atoms with Gasteiger partial charge in [-0.25, -0.2) is 0 Å². The van der Waals surface area contributed by atoms with Crippen molar-refractivity contribution in [2.24, 2.45) is 5.92 Å². The number of aliphatic hydroxyl groups is 1. The second kappa shape index (κ2) is 10.1. The summed E-state index contributed by atoms with van der Waals surface area (Å²) in [5.41, 5.74) is 1.49. The number of hydrogen-bond donors (Lipinski definition) is 3. The highest BCUT2D eigenvalue weighted by Gasteiger charge is 2.34. The maximum absolute atomic E-state index is 12.6. The van der Waals surface area contributed by atoms with Gasteiger partial charge in [-0.2, -0.15) is 11.3 Å². The molecule has 2 aromatic heterocycles. The van der Waals surface area contributed by atoms with E-state index in [-0.39, 0.29) is 18.4 Å². The number of nitrogens with zero attached hydrogens (tertiary/aromatic N) is 1. The number of anilines is 2. The molecule has 1 aliphatic rings. The summed E-state index contributed by atoms with van der Waals surface area (Å²) >= 11 is 2.82. The number of carbonyl (C=O) groups excluding carboxylic acids is 3. The highest BCUT2D eigenvalue weighted by Crippen LogP contribution is 2.34. The predicted octanol–water partition coefficient (Wildman–Crippen LogP) is 3.74. The van der Waals surface area contributed by atoms with Gasteiger partial charge < -0.3 is 20.6 Å². The Balaban J connectivity index is 1.46. The first-order valence-corrected chi connectivity index (χ1v) is 12.9. The average Bonchev–Trinajstić information content (AvgIpc) is 3.56. The molecule has 1 atom stereocenters. The number of thiophene rings is 2. The first-order valence-electron chi connectivity index (χ1n) is 11.1. The molecule has 9 heteroatoms. The molecular weight excluding hydrogens is 470 g/mol. The van der Waals surface area contributed by atoms with Gasteiger partial charge in [0.25, 0.3) is 0 Å². The van der Waals surface area contributed by atoms with Gasteiger partial charge in [-0.15, -0.1) is 11.3 Å². The lowest BCUT2D eigenvalue weighted by Crippen LogP contribution is -2.44. The molecule has 3 aromatic rings. The normalized spacial score (nSPS) is 14.9. The second-order valence-corrected chi connectivity index (χ2v) is 10.3. The van der Waals surface area contributed by atoms with Crippen molar-refractivity contribution in [1.29, 1.82) is 0 Å². The van der Waals surface area contributed by atoms with Gasteiger partial charge in [0.15, 0.2) is 0 Å². The lowest BCUT2D eigenvalue weighted by atomic mass is 9.94. The Morgan fingerprint density at radius 1 is 1.15 bits per heavy atom. The number of amides is 3. The fraction of sp³-hybridized carbons (Fsp3) is 0.320. The Labute approximate surface area is 206 Å². The summed E-state index contributed by atoms with van der Waals surface area (Å²) in [4.78, 5) is 40.3. The lowest BCUT2D eigenvalue weighted by molar-refractivity contribution is -0.136. The van der Waals surface area contributed by atoms with Crippen molar-refractivity contribution in [3.63, 3.8) is 0 Å². The van der Waals surface area contributed by atoms with E-state index in [0.29, 0.717) is 22.7 Å². The number of benzene rings is 1. The van der Waals surface area contributed by atoms with Crippen LogP contribution in [0.4, 0.5) is 11.4 Å². The van der Waals surface area contributed by atoms with Crippen molar-refractivity contribution >= 4 is 51.8 Å². The van der Waals surface area contributed by atoms with E-state index < -0.39 is 17.4 Å². The largest absolute Gasteiger partial charge is 0.378 e. The smallest absolute Gasteiger partial charge is 0.313 e. The molecule has 0 saturated heterocycles. The topological polar surface area (TPSA) is 98.7 Å². The fourth-order valence-electron chi connectivity index (χ4n) is 4.01. The van der Waals surface area contributed by atoms with Crippen LogP contribution in [0.25, 0.3) is 0 Å². The van der Waals surface area contributed by atoms with E-state index in [9.17, 15) is 19.5 Å². The van der Waals surface area contributed by atoms with Crippen LogP contribution in [0.1, 0.15) is 36.3 Å². The average molecular weight is 498 g/mol. The maximum atomic E-state index is 12.6. The van der Waals surface area contributed by atoms with E-state index in [1.54, 1.807) is 29.2 Å². The molecule has 1 aromatic carbocycles. The molecule has 3 heterocycles. The molecule has 0 fully saturated rings. The predicted molar refractivity (Wildman–Crippen MR) is 135 cm³/mol. The molecule has 3 amide bonds. The van der Waals surface area contributed by atoms with Gasteiger partial charge in [0.05, 0.1) is 6.54 Å². The Kier molecular flexibility index (Phi) is 7.16. The molecule has 0 saturated carbocycles. The minimum Gasteiger partial charge on any atom is -0.378 e. The summed E-state index contributed by atoms with van der Waals surface area (Å²) < 4.78 is 0. The van der Waals surface area contributed by atoms with Crippen LogP contribution in [0, 0.1) is 5.92 Å². The van der Waals surface area contributed by atoms with Gasteiger partial charge in [-0.3, -0.25) is 14.4 Å². The first kappa shape index (κ1) is 24.1. The number of aryl methyl sites for hydroxylation is 1. The molecule has 34 heavy (non-hydrogen) atoms. The van der Waals surface area contributed by atoms with Crippen LogP contribution >= 0.6 is 22.7 Å². The van der Waals surface area contributed by atoms with E-state index in [1.807, 2.05) is 42.1 Å². The first-order chi connectivity index (χ1) is 16.3. The molecular formula is C25H27N3O4S2. The van der Waals surface area contributed by atoms with Gasteiger partial charge in [-0.05, 0) is 58.8 Å². The SMILES string of the molecule is CC(C)C(=O)N1CCCc2ccc(NC(=O)C(=O)NCC(O)(c3ccsc3)c3cccs3)cc21. The second-order valence-electron chi connectivity index (χ2n) is 8.58. The zero-order valence-electron chi connectivity index (χ0n) is 19.0. The van der Waals surface area contributed by atoms with Crippen LogP contribution in [-0.4, -0.2) is 35.9 Å². The van der Waals surface area contributed by atoms with Crippen molar-refractivity contribution in [1.82, 2.24) is 5.32 Å². The zero-order chi connectivity index (χ0) is 24.3. The summed E-state index contributed by atoms with van der Waals surface area (Å²) in [5.74, 6) is -1.79. The summed E-state index contributed by atoms with van der Waals surface area (Å²) in [7, 11) is 0. The van der Waals surface area contributed by atoms with Gasteiger partial charge in [-0.1, -0.05) is 26.0 Å². The van der Waals surface area contributed by atoms with Crippen LogP contribution in [-0.2, 0) is 26.4 Å². The third kappa shape index (κ3) is 4.91. The lowest BCUT2D eigenvalue weighted by Gasteiger charge is -2.31. The van der Waals surface area contributed by atoms with Gasteiger partial charge in [0, 0.05) is 34.3 Å². The highest BCUT2D eigenvalue weighted by atomic mass is 32.1. The summed E-state index contributed by atoms with van der Waals surface area (Å²) in [6, 6.07) is 10.8. The molecule has 0 bridgehead atoms. The van der Waals surface area contributed by atoms with Gasteiger partial charge >= 0.3 is 11.8 Å². The summed E-state index contributed by atoms with van der Waals surface area (Å²) in [6.45, 7) is 4.21. The van der Waals surface area contributed by atoms with E-state index >= 15 is 0 Å².